The first-order valence-electron chi connectivity index (χ1n) is 8.82. The van der Waals surface area contributed by atoms with E-state index in [1.165, 1.54) is 18.6 Å². The highest BCUT2D eigenvalue weighted by Crippen LogP contribution is 2.17. The first-order chi connectivity index (χ1) is 12.9. The van der Waals surface area contributed by atoms with Crippen molar-refractivity contribution in [3.8, 4) is 5.75 Å². The number of esters is 1. The van der Waals surface area contributed by atoms with Crippen molar-refractivity contribution in [3.05, 3.63) is 65.7 Å². The van der Waals surface area contributed by atoms with Gasteiger partial charge in [-0.05, 0) is 54.3 Å². The van der Waals surface area contributed by atoms with Crippen LogP contribution in [0.3, 0.4) is 0 Å². The first-order valence-corrected chi connectivity index (χ1v) is 8.82. The summed E-state index contributed by atoms with van der Waals surface area (Å²) in [7, 11) is 1.58. The molecule has 0 spiro atoms. The summed E-state index contributed by atoms with van der Waals surface area (Å²) in [6, 6.07) is 14.9. The van der Waals surface area contributed by atoms with Crippen LogP contribution in [0.25, 0.3) is 6.08 Å². The van der Waals surface area contributed by atoms with Crippen molar-refractivity contribution >= 4 is 23.6 Å². The van der Waals surface area contributed by atoms with Crippen LogP contribution in [-0.2, 0) is 14.3 Å². The molecule has 2 rings (SSSR count). The normalized spacial score (nSPS) is 12.0. The number of anilines is 1. The smallest absolute Gasteiger partial charge is 0.331 e. The Kier molecular flexibility index (Phi) is 7.17. The van der Waals surface area contributed by atoms with Crippen molar-refractivity contribution in [2.45, 2.75) is 32.8 Å². The van der Waals surface area contributed by atoms with Crippen LogP contribution in [-0.4, -0.2) is 25.1 Å². The molecule has 1 amide bonds. The predicted octanol–water partition coefficient (Wildman–Crippen LogP) is 4.40. The van der Waals surface area contributed by atoms with Gasteiger partial charge < -0.3 is 14.8 Å². The Balaban J connectivity index is 1.89. The van der Waals surface area contributed by atoms with Gasteiger partial charge in [0, 0.05) is 11.8 Å². The molecule has 5 nitrogen and oxygen atoms in total. The highest BCUT2D eigenvalue weighted by atomic mass is 16.5. The summed E-state index contributed by atoms with van der Waals surface area (Å²) in [6.45, 7) is 5.75. The van der Waals surface area contributed by atoms with Crippen molar-refractivity contribution < 1.29 is 19.1 Å². The van der Waals surface area contributed by atoms with E-state index in [0.717, 1.165) is 5.56 Å². The Bertz CT molecular complexity index is 809. The quantitative estimate of drug-likeness (QED) is 0.582. The zero-order valence-electron chi connectivity index (χ0n) is 16.1. The minimum absolute atomic E-state index is 0.379. The van der Waals surface area contributed by atoms with Gasteiger partial charge in [-0.2, -0.15) is 0 Å². The highest BCUT2D eigenvalue weighted by Gasteiger charge is 2.16. The topological polar surface area (TPSA) is 64.6 Å². The van der Waals surface area contributed by atoms with Crippen molar-refractivity contribution in [1.29, 1.82) is 0 Å². The molecule has 0 radical (unpaired) electrons. The van der Waals surface area contributed by atoms with Gasteiger partial charge in [0.1, 0.15) is 5.75 Å². The summed E-state index contributed by atoms with van der Waals surface area (Å²) in [4.78, 5) is 24.1. The van der Waals surface area contributed by atoms with E-state index < -0.39 is 12.1 Å². The zero-order chi connectivity index (χ0) is 19.8. The van der Waals surface area contributed by atoms with E-state index in [4.69, 9.17) is 9.47 Å². The maximum Gasteiger partial charge on any atom is 0.331 e. The summed E-state index contributed by atoms with van der Waals surface area (Å²) in [5.74, 6) is 0.152. The van der Waals surface area contributed by atoms with E-state index in [1.54, 1.807) is 19.3 Å². The predicted molar refractivity (Wildman–Crippen MR) is 107 cm³/mol. The van der Waals surface area contributed by atoms with E-state index in [-0.39, 0.29) is 5.91 Å². The van der Waals surface area contributed by atoms with Gasteiger partial charge in [-0.1, -0.05) is 38.1 Å². The second kappa shape index (κ2) is 9.57. The Morgan fingerprint density at radius 2 is 1.74 bits per heavy atom. The second-order valence-corrected chi connectivity index (χ2v) is 6.46. The van der Waals surface area contributed by atoms with Crippen LogP contribution < -0.4 is 10.1 Å². The van der Waals surface area contributed by atoms with Gasteiger partial charge in [0.15, 0.2) is 6.10 Å². The molecule has 0 bridgehead atoms. The number of ether oxygens (including phenoxy) is 2. The number of nitrogens with one attached hydrogen (secondary N) is 1. The third-order valence-corrected chi connectivity index (χ3v) is 4.01. The summed E-state index contributed by atoms with van der Waals surface area (Å²) in [5.41, 5.74) is 2.66. The number of hydrogen-bond donors (Lipinski definition) is 1. The summed E-state index contributed by atoms with van der Waals surface area (Å²) < 4.78 is 10.3. The molecule has 0 unspecified atom stereocenters. The van der Waals surface area contributed by atoms with Crippen molar-refractivity contribution in [2.24, 2.45) is 0 Å². The Labute approximate surface area is 160 Å². The van der Waals surface area contributed by atoms with Gasteiger partial charge in [-0.3, -0.25) is 4.79 Å². The zero-order valence-corrected chi connectivity index (χ0v) is 16.1. The lowest BCUT2D eigenvalue weighted by molar-refractivity contribution is -0.148. The molecule has 27 heavy (non-hydrogen) atoms. The Morgan fingerprint density at radius 1 is 1.04 bits per heavy atom. The lowest BCUT2D eigenvalue weighted by Gasteiger charge is -2.13. The summed E-state index contributed by atoms with van der Waals surface area (Å²) in [5, 5.41) is 2.75. The Hall–Kier alpha value is -3.08. The molecule has 2 aromatic rings. The molecule has 0 saturated carbocycles. The first kappa shape index (κ1) is 20.2. The summed E-state index contributed by atoms with van der Waals surface area (Å²) in [6.07, 6.45) is 1.99. The Morgan fingerprint density at radius 3 is 2.37 bits per heavy atom. The van der Waals surface area contributed by atoms with Gasteiger partial charge in [0.05, 0.1) is 7.11 Å². The molecule has 2 aromatic carbocycles. The largest absolute Gasteiger partial charge is 0.497 e. The average molecular weight is 367 g/mol. The van der Waals surface area contributed by atoms with Crippen LogP contribution >= 0.6 is 0 Å². The fourth-order valence-electron chi connectivity index (χ4n) is 2.37. The van der Waals surface area contributed by atoms with Crippen LogP contribution in [0.4, 0.5) is 5.69 Å². The van der Waals surface area contributed by atoms with Crippen LogP contribution in [0, 0.1) is 0 Å². The number of carbonyl (C=O) groups excluding carboxylic acids is 2. The molecule has 1 atom stereocenters. The third-order valence-electron chi connectivity index (χ3n) is 4.01. The summed E-state index contributed by atoms with van der Waals surface area (Å²) >= 11 is 0. The van der Waals surface area contributed by atoms with E-state index in [9.17, 15) is 9.59 Å². The molecular weight excluding hydrogens is 342 g/mol. The van der Waals surface area contributed by atoms with E-state index >= 15 is 0 Å². The van der Waals surface area contributed by atoms with E-state index in [0.29, 0.717) is 17.4 Å². The lowest BCUT2D eigenvalue weighted by atomic mass is 10.0. The van der Waals surface area contributed by atoms with Crippen molar-refractivity contribution in [3.63, 3.8) is 0 Å². The van der Waals surface area contributed by atoms with Crippen LogP contribution in [0.5, 0.6) is 5.75 Å². The lowest BCUT2D eigenvalue weighted by Crippen LogP contribution is -2.29. The van der Waals surface area contributed by atoms with Gasteiger partial charge in [-0.15, -0.1) is 0 Å². The van der Waals surface area contributed by atoms with Gasteiger partial charge in [0.25, 0.3) is 5.91 Å². The number of methoxy groups -OCH3 is 1. The number of benzene rings is 2. The van der Waals surface area contributed by atoms with Crippen molar-refractivity contribution in [1.82, 2.24) is 0 Å². The van der Waals surface area contributed by atoms with Crippen LogP contribution in [0.15, 0.2) is 54.6 Å². The van der Waals surface area contributed by atoms with Crippen LogP contribution in [0.2, 0.25) is 0 Å². The van der Waals surface area contributed by atoms with Crippen LogP contribution in [0.1, 0.15) is 37.8 Å². The highest BCUT2D eigenvalue weighted by molar-refractivity contribution is 5.96. The standard InChI is InChI=1S/C22H25NO4/c1-15(2)18-9-11-19(12-10-18)23-22(25)16(3)27-21(24)13-8-17-6-5-7-20(14-17)26-4/h5-16H,1-4H3,(H,23,25)/b13-8+/t16-/m1/s1. The maximum absolute atomic E-state index is 12.2. The minimum Gasteiger partial charge on any atom is -0.497 e. The SMILES string of the molecule is COc1cccc(/C=C/C(=O)O[C@H](C)C(=O)Nc2ccc(C(C)C)cc2)c1. The van der Waals surface area contributed by atoms with Crippen molar-refractivity contribution in [2.75, 3.05) is 12.4 Å². The molecule has 0 aliphatic carbocycles. The third kappa shape index (κ3) is 6.29. The molecule has 0 saturated heterocycles. The average Bonchev–Trinajstić information content (AvgIpc) is 2.66. The molecule has 142 valence electrons. The number of amides is 1. The van der Waals surface area contributed by atoms with Gasteiger partial charge in [0.2, 0.25) is 0 Å². The molecule has 0 aliphatic rings. The molecule has 5 heteroatoms. The molecular formula is C22H25NO4. The molecule has 0 aliphatic heterocycles. The molecule has 1 N–H and O–H groups in total. The van der Waals surface area contributed by atoms with Gasteiger partial charge >= 0.3 is 5.97 Å². The minimum atomic E-state index is -0.905. The maximum atomic E-state index is 12.2. The number of hydrogen-bond acceptors (Lipinski definition) is 4. The van der Waals surface area contributed by atoms with E-state index in [2.05, 4.69) is 19.2 Å². The number of carbonyl (C=O) groups is 2. The van der Waals surface area contributed by atoms with Gasteiger partial charge in [-0.25, -0.2) is 4.79 Å². The number of rotatable bonds is 7. The van der Waals surface area contributed by atoms with E-state index in [1.807, 2.05) is 42.5 Å². The molecule has 0 fully saturated rings. The monoisotopic (exact) mass is 367 g/mol. The molecule has 0 aromatic heterocycles. The fraction of sp³-hybridized carbons (Fsp3) is 0.273. The fourth-order valence-corrected chi connectivity index (χ4v) is 2.37. The second-order valence-electron chi connectivity index (χ2n) is 6.46. The molecule has 0 heterocycles.